The largest absolute Gasteiger partial charge is 0.486 e. The fourth-order valence-electron chi connectivity index (χ4n) is 2.59. The molecule has 1 saturated heterocycles. The summed E-state index contributed by atoms with van der Waals surface area (Å²) in [5.74, 6) is 0.634. The Morgan fingerprint density at radius 2 is 2.16 bits per heavy atom. The number of guanidine groups is 1. The van der Waals surface area contributed by atoms with Gasteiger partial charge in [0.2, 0.25) is 0 Å². The third-order valence-corrected chi connectivity index (χ3v) is 3.94. The molecule has 25 heavy (non-hydrogen) atoms. The lowest BCUT2D eigenvalue weighted by atomic mass is 10.0. The Bertz CT molecular complexity index is 551. The van der Waals surface area contributed by atoms with Gasteiger partial charge in [0.25, 0.3) is 0 Å². The van der Waals surface area contributed by atoms with Crippen molar-refractivity contribution in [1.82, 2.24) is 10.6 Å². The van der Waals surface area contributed by atoms with Gasteiger partial charge in [-0.05, 0) is 45.7 Å². The van der Waals surface area contributed by atoms with E-state index in [-0.39, 0.29) is 47.2 Å². The van der Waals surface area contributed by atoms with Crippen LogP contribution in [0, 0.1) is 5.82 Å². The minimum Gasteiger partial charge on any atom is -0.486 e. The molecule has 2 atom stereocenters. The average molecular weight is 465 g/mol. The Morgan fingerprint density at radius 1 is 1.40 bits per heavy atom. The van der Waals surface area contributed by atoms with Crippen molar-refractivity contribution in [1.29, 1.82) is 0 Å². The Morgan fingerprint density at radius 3 is 2.80 bits per heavy atom. The predicted octanol–water partition coefficient (Wildman–Crippen LogP) is 3.34. The average Bonchev–Trinajstić information content (AvgIpc) is 2.99. The highest BCUT2D eigenvalue weighted by Gasteiger charge is 2.29. The van der Waals surface area contributed by atoms with Gasteiger partial charge in [-0.2, -0.15) is 0 Å². The van der Waals surface area contributed by atoms with Crippen LogP contribution < -0.4 is 15.4 Å². The fourth-order valence-corrected chi connectivity index (χ4v) is 2.59. The monoisotopic (exact) mass is 465 g/mol. The van der Waals surface area contributed by atoms with Crippen LogP contribution in [0.5, 0.6) is 5.75 Å². The Labute approximate surface area is 166 Å². The minimum absolute atomic E-state index is 0. The molecule has 1 aliphatic heterocycles. The lowest BCUT2D eigenvalue weighted by Gasteiger charge is -2.22. The zero-order chi connectivity index (χ0) is 17.4. The zero-order valence-electron chi connectivity index (χ0n) is 15.2. The molecule has 2 unspecified atom stereocenters. The summed E-state index contributed by atoms with van der Waals surface area (Å²) >= 11 is 0. The van der Waals surface area contributed by atoms with Gasteiger partial charge >= 0.3 is 0 Å². The Hall–Kier alpha value is -1.09. The van der Waals surface area contributed by atoms with Crippen molar-refractivity contribution in [3.05, 3.63) is 30.1 Å². The molecule has 1 aromatic rings. The van der Waals surface area contributed by atoms with E-state index in [1.807, 2.05) is 13.8 Å². The van der Waals surface area contributed by atoms with Gasteiger partial charge in [0.15, 0.2) is 17.5 Å². The van der Waals surface area contributed by atoms with Crippen LogP contribution in [0.4, 0.5) is 4.39 Å². The molecule has 1 aromatic carbocycles. The van der Waals surface area contributed by atoms with E-state index in [0.29, 0.717) is 13.1 Å². The second kappa shape index (κ2) is 10.8. The summed E-state index contributed by atoms with van der Waals surface area (Å²) in [5, 5.41) is 6.45. The maximum absolute atomic E-state index is 13.6. The number of para-hydroxylation sites is 1. The highest BCUT2D eigenvalue weighted by Crippen LogP contribution is 2.25. The van der Waals surface area contributed by atoms with Gasteiger partial charge in [-0.3, -0.25) is 4.99 Å². The molecular formula is C18H29FIN3O2. The molecule has 2 N–H and O–H groups in total. The molecule has 5 nitrogen and oxygen atoms in total. The first-order valence-electron chi connectivity index (χ1n) is 8.60. The fraction of sp³-hybridized carbons (Fsp3) is 0.611. The molecule has 1 heterocycles. The summed E-state index contributed by atoms with van der Waals surface area (Å²) < 4.78 is 25.0. The summed E-state index contributed by atoms with van der Waals surface area (Å²) in [6.45, 7) is 8.73. The number of ether oxygens (including phenoxy) is 2. The van der Waals surface area contributed by atoms with Crippen LogP contribution in [0.15, 0.2) is 29.3 Å². The molecule has 0 aromatic heterocycles. The zero-order valence-corrected chi connectivity index (χ0v) is 17.5. The first kappa shape index (κ1) is 22.0. The van der Waals surface area contributed by atoms with E-state index < -0.39 is 0 Å². The normalized spacial score (nSPS) is 21.4. The Balaban J connectivity index is 0.00000312. The second-order valence-electron chi connectivity index (χ2n) is 6.34. The van der Waals surface area contributed by atoms with Gasteiger partial charge in [0.1, 0.15) is 6.10 Å². The van der Waals surface area contributed by atoms with E-state index in [2.05, 4.69) is 22.5 Å². The SMILES string of the molecule is CCNC(=NCC1(C)CCCO1)NCC(C)Oc1ccccc1F.I. The molecule has 0 amide bonds. The maximum Gasteiger partial charge on any atom is 0.191 e. The van der Waals surface area contributed by atoms with Gasteiger partial charge in [-0.25, -0.2) is 4.39 Å². The number of benzene rings is 1. The Kier molecular flexibility index (Phi) is 9.48. The van der Waals surface area contributed by atoms with E-state index in [4.69, 9.17) is 9.47 Å². The van der Waals surface area contributed by atoms with E-state index >= 15 is 0 Å². The maximum atomic E-state index is 13.6. The molecular weight excluding hydrogens is 436 g/mol. The molecule has 0 radical (unpaired) electrons. The highest BCUT2D eigenvalue weighted by molar-refractivity contribution is 14.0. The lowest BCUT2D eigenvalue weighted by Crippen LogP contribution is -2.43. The van der Waals surface area contributed by atoms with Crippen molar-refractivity contribution < 1.29 is 13.9 Å². The van der Waals surface area contributed by atoms with E-state index in [0.717, 1.165) is 32.0 Å². The molecule has 0 spiro atoms. The summed E-state index contributed by atoms with van der Waals surface area (Å²) in [7, 11) is 0. The van der Waals surface area contributed by atoms with Crippen molar-refractivity contribution in [2.45, 2.75) is 45.3 Å². The quantitative estimate of drug-likeness (QED) is 0.369. The van der Waals surface area contributed by atoms with Crippen LogP contribution in [-0.2, 0) is 4.74 Å². The number of hydrogen-bond acceptors (Lipinski definition) is 3. The van der Waals surface area contributed by atoms with Crippen LogP contribution in [0.2, 0.25) is 0 Å². The predicted molar refractivity (Wildman–Crippen MR) is 109 cm³/mol. The standard InChI is InChI=1S/C18H28FN3O2.HI/c1-4-20-17(22-13-18(3)10-7-11-23-18)21-12-14(2)24-16-9-6-5-8-15(16)19;/h5-6,8-9,14H,4,7,10-13H2,1-3H3,(H2,20,21,22);1H. The molecule has 0 saturated carbocycles. The van der Waals surface area contributed by atoms with Gasteiger partial charge in [-0.1, -0.05) is 12.1 Å². The van der Waals surface area contributed by atoms with Gasteiger partial charge in [0.05, 0.1) is 18.7 Å². The third-order valence-electron chi connectivity index (χ3n) is 3.94. The number of halogens is 2. The van der Waals surface area contributed by atoms with Gasteiger partial charge in [0, 0.05) is 13.2 Å². The smallest absolute Gasteiger partial charge is 0.191 e. The summed E-state index contributed by atoms with van der Waals surface area (Å²) in [6, 6.07) is 6.42. The molecule has 1 fully saturated rings. The van der Waals surface area contributed by atoms with E-state index in [1.54, 1.807) is 18.2 Å². The third kappa shape index (κ3) is 7.35. The summed E-state index contributed by atoms with van der Waals surface area (Å²) in [6.07, 6.45) is 1.93. The van der Waals surface area contributed by atoms with Gasteiger partial charge < -0.3 is 20.1 Å². The molecule has 1 aliphatic rings. The van der Waals surface area contributed by atoms with Crippen LogP contribution in [0.25, 0.3) is 0 Å². The number of aliphatic imine (C=N–C) groups is 1. The molecule has 2 rings (SSSR count). The van der Waals surface area contributed by atoms with Crippen LogP contribution in [-0.4, -0.2) is 43.9 Å². The second-order valence-corrected chi connectivity index (χ2v) is 6.34. The van der Waals surface area contributed by atoms with Crippen molar-refractivity contribution >= 4 is 29.9 Å². The number of nitrogens with one attached hydrogen (secondary N) is 2. The highest BCUT2D eigenvalue weighted by atomic mass is 127. The van der Waals surface area contributed by atoms with E-state index in [9.17, 15) is 4.39 Å². The number of hydrogen-bond donors (Lipinski definition) is 2. The molecule has 7 heteroatoms. The van der Waals surface area contributed by atoms with Gasteiger partial charge in [-0.15, -0.1) is 24.0 Å². The molecule has 0 bridgehead atoms. The van der Waals surface area contributed by atoms with Crippen molar-refractivity contribution in [3.63, 3.8) is 0 Å². The van der Waals surface area contributed by atoms with Crippen molar-refractivity contribution in [2.75, 3.05) is 26.2 Å². The van der Waals surface area contributed by atoms with Crippen LogP contribution >= 0.6 is 24.0 Å². The summed E-state index contributed by atoms with van der Waals surface area (Å²) in [4.78, 5) is 4.60. The topological polar surface area (TPSA) is 54.9 Å². The van der Waals surface area contributed by atoms with Crippen molar-refractivity contribution in [2.24, 2.45) is 4.99 Å². The molecule has 142 valence electrons. The van der Waals surface area contributed by atoms with E-state index in [1.165, 1.54) is 6.07 Å². The first-order chi connectivity index (χ1) is 11.5. The number of rotatable bonds is 7. The summed E-state index contributed by atoms with van der Waals surface area (Å²) in [5.41, 5.74) is -0.169. The molecule has 0 aliphatic carbocycles. The van der Waals surface area contributed by atoms with Crippen LogP contribution in [0.1, 0.15) is 33.6 Å². The van der Waals surface area contributed by atoms with Crippen molar-refractivity contribution in [3.8, 4) is 5.75 Å². The number of nitrogens with zero attached hydrogens (tertiary/aromatic N) is 1. The van der Waals surface area contributed by atoms with Crippen LogP contribution in [0.3, 0.4) is 0 Å². The lowest BCUT2D eigenvalue weighted by molar-refractivity contribution is 0.0283. The first-order valence-corrected chi connectivity index (χ1v) is 8.60. The minimum atomic E-state index is -0.351.